The number of ether oxygens (including phenoxy) is 2. The number of aryl methyl sites for hydroxylation is 1. The molecule has 1 aromatic rings. The van der Waals surface area contributed by atoms with Crippen LogP contribution >= 0.6 is 0 Å². The fraction of sp³-hybridized carbons (Fsp3) is 0.769. The van der Waals surface area contributed by atoms with E-state index in [0.29, 0.717) is 32.7 Å². The number of aromatic nitrogens is 2. The van der Waals surface area contributed by atoms with Crippen LogP contribution < -0.4 is 4.72 Å². The van der Waals surface area contributed by atoms with Gasteiger partial charge in [-0.3, -0.25) is 0 Å². The van der Waals surface area contributed by atoms with Gasteiger partial charge in [0.05, 0.1) is 11.9 Å². The van der Waals surface area contributed by atoms with Crippen LogP contribution in [0.3, 0.4) is 0 Å². The highest BCUT2D eigenvalue weighted by atomic mass is 32.2. The van der Waals surface area contributed by atoms with Gasteiger partial charge in [0, 0.05) is 39.1 Å². The Kier molecular flexibility index (Phi) is 4.04. The molecule has 2 fully saturated rings. The molecule has 118 valence electrons. The van der Waals surface area contributed by atoms with Crippen molar-refractivity contribution in [3.05, 3.63) is 12.5 Å². The highest BCUT2D eigenvalue weighted by Crippen LogP contribution is 2.34. The Bertz CT molecular complexity index is 587. The molecule has 0 radical (unpaired) electrons. The number of hydrogen-bond donors (Lipinski definition) is 1. The van der Waals surface area contributed by atoms with Gasteiger partial charge in [-0.15, -0.1) is 0 Å². The maximum absolute atomic E-state index is 12.3. The van der Waals surface area contributed by atoms with E-state index in [0.717, 1.165) is 12.8 Å². The summed E-state index contributed by atoms with van der Waals surface area (Å²) < 4.78 is 40.4. The van der Waals surface area contributed by atoms with Gasteiger partial charge in [-0.2, -0.15) is 0 Å². The number of imidazole rings is 1. The standard InChI is InChI=1S/C13H21N3O4S/c1-16-9-12(14-10-16)21(17,18)15-11-2-5-20-13(8-11)3-6-19-7-4-13/h9-11,15H,2-8H2,1H3/t11-/m0/s1. The number of nitrogens with one attached hydrogen (secondary N) is 1. The van der Waals surface area contributed by atoms with E-state index in [-0.39, 0.29) is 16.7 Å². The largest absolute Gasteiger partial charge is 0.381 e. The van der Waals surface area contributed by atoms with Gasteiger partial charge in [-0.25, -0.2) is 18.1 Å². The second-order valence-corrected chi connectivity index (χ2v) is 7.49. The summed E-state index contributed by atoms with van der Waals surface area (Å²) in [6.45, 7) is 1.94. The summed E-state index contributed by atoms with van der Waals surface area (Å²) in [5, 5.41) is 0.0671. The van der Waals surface area contributed by atoms with Crippen LogP contribution in [-0.2, 0) is 26.5 Å². The lowest BCUT2D eigenvalue weighted by Crippen LogP contribution is -2.50. The van der Waals surface area contributed by atoms with Crippen LogP contribution in [0.2, 0.25) is 0 Å². The topological polar surface area (TPSA) is 82.5 Å². The van der Waals surface area contributed by atoms with Gasteiger partial charge in [0.1, 0.15) is 0 Å². The molecule has 3 rings (SSSR count). The normalized spacial score (nSPS) is 26.0. The van der Waals surface area contributed by atoms with Crippen LogP contribution in [0, 0.1) is 0 Å². The van der Waals surface area contributed by atoms with Gasteiger partial charge < -0.3 is 14.0 Å². The monoisotopic (exact) mass is 315 g/mol. The minimum atomic E-state index is -3.56. The van der Waals surface area contributed by atoms with E-state index in [1.165, 1.54) is 12.5 Å². The average Bonchev–Trinajstić information content (AvgIpc) is 2.87. The molecule has 2 saturated heterocycles. The Morgan fingerprint density at radius 3 is 2.81 bits per heavy atom. The quantitative estimate of drug-likeness (QED) is 0.874. The zero-order valence-electron chi connectivity index (χ0n) is 12.1. The summed E-state index contributed by atoms with van der Waals surface area (Å²) in [6.07, 6.45) is 6.03. The molecule has 7 nitrogen and oxygen atoms in total. The summed E-state index contributed by atoms with van der Waals surface area (Å²) in [5.41, 5.74) is -0.228. The molecule has 0 bridgehead atoms. The van der Waals surface area contributed by atoms with Gasteiger partial charge in [-0.1, -0.05) is 0 Å². The van der Waals surface area contributed by atoms with Crippen LogP contribution in [0.25, 0.3) is 0 Å². The van der Waals surface area contributed by atoms with Crippen molar-refractivity contribution in [2.45, 2.75) is 42.4 Å². The molecule has 0 amide bonds. The fourth-order valence-corrected chi connectivity index (χ4v) is 4.28. The van der Waals surface area contributed by atoms with Crippen molar-refractivity contribution >= 4 is 10.0 Å². The van der Waals surface area contributed by atoms with Gasteiger partial charge in [-0.05, 0) is 25.7 Å². The Morgan fingerprint density at radius 2 is 2.14 bits per heavy atom. The number of hydrogen-bond acceptors (Lipinski definition) is 5. The molecule has 0 unspecified atom stereocenters. The van der Waals surface area contributed by atoms with Crippen LogP contribution in [0.1, 0.15) is 25.7 Å². The Hall–Kier alpha value is -0.960. The molecule has 0 aromatic carbocycles. The van der Waals surface area contributed by atoms with E-state index >= 15 is 0 Å². The average molecular weight is 315 g/mol. The third-order valence-electron chi connectivity index (χ3n) is 4.18. The molecule has 3 heterocycles. The van der Waals surface area contributed by atoms with E-state index in [1.807, 2.05) is 0 Å². The minimum Gasteiger partial charge on any atom is -0.381 e. The first-order valence-electron chi connectivity index (χ1n) is 7.21. The fourth-order valence-electron chi connectivity index (χ4n) is 3.03. The van der Waals surface area contributed by atoms with Gasteiger partial charge in [0.15, 0.2) is 5.03 Å². The lowest BCUT2D eigenvalue weighted by molar-refractivity contribution is -0.138. The van der Waals surface area contributed by atoms with E-state index in [4.69, 9.17) is 9.47 Å². The Labute approximate surface area is 124 Å². The molecule has 0 aliphatic carbocycles. The maximum Gasteiger partial charge on any atom is 0.259 e. The summed E-state index contributed by atoms with van der Waals surface area (Å²) in [7, 11) is -1.82. The van der Waals surface area contributed by atoms with Crippen LogP contribution in [0.5, 0.6) is 0 Å². The molecule has 1 aromatic heterocycles. The summed E-state index contributed by atoms with van der Waals surface area (Å²) >= 11 is 0. The molecule has 2 aliphatic rings. The molecule has 1 spiro atoms. The van der Waals surface area contributed by atoms with Crippen molar-refractivity contribution in [2.24, 2.45) is 7.05 Å². The first kappa shape index (κ1) is 15.0. The Morgan fingerprint density at radius 1 is 1.38 bits per heavy atom. The third-order valence-corrected chi connectivity index (χ3v) is 5.58. The van der Waals surface area contributed by atoms with E-state index in [9.17, 15) is 8.42 Å². The molecule has 0 saturated carbocycles. The van der Waals surface area contributed by atoms with E-state index < -0.39 is 10.0 Å². The SMILES string of the molecule is Cn1cnc(S(=O)(=O)N[C@H]2CCOC3(CCOCC3)C2)c1. The molecule has 8 heteroatoms. The van der Waals surface area contributed by atoms with E-state index in [2.05, 4.69) is 9.71 Å². The molecule has 2 aliphatic heterocycles. The predicted molar refractivity (Wildman–Crippen MR) is 75.3 cm³/mol. The van der Waals surface area contributed by atoms with Crippen molar-refractivity contribution in [1.82, 2.24) is 14.3 Å². The molecule has 21 heavy (non-hydrogen) atoms. The number of rotatable bonds is 3. The number of nitrogens with zero attached hydrogens (tertiary/aromatic N) is 2. The zero-order chi connectivity index (χ0) is 14.9. The van der Waals surface area contributed by atoms with Crippen molar-refractivity contribution < 1.29 is 17.9 Å². The van der Waals surface area contributed by atoms with Crippen LogP contribution in [0.4, 0.5) is 0 Å². The predicted octanol–water partition coefficient (Wildman–Crippen LogP) is 0.427. The first-order chi connectivity index (χ1) is 9.99. The maximum atomic E-state index is 12.3. The zero-order valence-corrected chi connectivity index (χ0v) is 12.9. The Balaban J connectivity index is 1.69. The minimum absolute atomic E-state index is 0.0671. The van der Waals surface area contributed by atoms with Gasteiger partial charge >= 0.3 is 0 Å². The van der Waals surface area contributed by atoms with Crippen molar-refractivity contribution in [3.63, 3.8) is 0 Å². The highest BCUT2D eigenvalue weighted by Gasteiger charge is 2.40. The van der Waals surface area contributed by atoms with Crippen molar-refractivity contribution in [1.29, 1.82) is 0 Å². The molecular formula is C13H21N3O4S. The van der Waals surface area contributed by atoms with Crippen molar-refractivity contribution in [3.8, 4) is 0 Å². The third kappa shape index (κ3) is 3.28. The van der Waals surface area contributed by atoms with E-state index in [1.54, 1.807) is 11.6 Å². The lowest BCUT2D eigenvalue weighted by Gasteiger charge is -2.43. The van der Waals surface area contributed by atoms with Crippen LogP contribution in [-0.4, -0.2) is 49.4 Å². The second-order valence-electron chi connectivity index (χ2n) is 5.83. The smallest absolute Gasteiger partial charge is 0.259 e. The highest BCUT2D eigenvalue weighted by molar-refractivity contribution is 7.89. The molecule has 1 N–H and O–H groups in total. The number of sulfonamides is 1. The van der Waals surface area contributed by atoms with Gasteiger partial charge in [0.2, 0.25) is 0 Å². The molecule has 1 atom stereocenters. The second kappa shape index (κ2) is 5.68. The summed E-state index contributed by atoms with van der Waals surface area (Å²) in [5.74, 6) is 0. The lowest BCUT2D eigenvalue weighted by atomic mass is 9.84. The summed E-state index contributed by atoms with van der Waals surface area (Å²) in [4.78, 5) is 3.92. The van der Waals surface area contributed by atoms with Gasteiger partial charge in [0.25, 0.3) is 10.0 Å². The van der Waals surface area contributed by atoms with Crippen LogP contribution in [0.15, 0.2) is 17.6 Å². The first-order valence-corrected chi connectivity index (χ1v) is 8.69. The molecular weight excluding hydrogens is 294 g/mol. The van der Waals surface area contributed by atoms with Crippen molar-refractivity contribution in [2.75, 3.05) is 19.8 Å². The summed E-state index contributed by atoms with van der Waals surface area (Å²) in [6, 6.07) is -0.108.